The van der Waals surface area contributed by atoms with Crippen LogP contribution in [0.5, 0.6) is 0 Å². The van der Waals surface area contributed by atoms with Crippen molar-refractivity contribution in [3.05, 3.63) is 0 Å². The maximum absolute atomic E-state index is 12.0. The van der Waals surface area contributed by atoms with E-state index in [0.29, 0.717) is 25.3 Å². The number of amides is 2. The largest absolute Gasteiger partial charge is 0.465 e. The van der Waals surface area contributed by atoms with Gasteiger partial charge in [0.2, 0.25) is 5.91 Å². The van der Waals surface area contributed by atoms with Gasteiger partial charge in [-0.15, -0.1) is 0 Å². The second-order valence-corrected chi connectivity index (χ2v) is 5.35. The molecule has 0 aromatic rings. The van der Waals surface area contributed by atoms with Crippen LogP contribution in [-0.4, -0.2) is 40.4 Å². The Labute approximate surface area is 112 Å². The van der Waals surface area contributed by atoms with Gasteiger partial charge in [0.15, 0.2) is 0 Å². The summed E-state index contributed by atoms with van der Waals surface area (Å²) in [6.07, 6.45) is 4.64. The molecular formula is C13H21N3O3. The number of hydrogen-bond acceptors (Lipinski definition) is 3. The zero-order chi connectivity index (χ0) is 13.8. The van der Waals surface area contributed by atoms with Gasteiger partial charge >= 0.3 is 6.09 Å². The van der Waals surface area contributed by atoms with Crippen LogP contribution in [0.3, 0.4) is 0 Å². The van der Waals surface area contributed by atoms with Crippen molar-refractivity contribution in [3.63, 3.8) is 0 Å². The van der Waals surface area contributed by atoms with E-state index in [1.165, 1.54) is 25.7 Å². The molecule has 0 radical (unpaired) electrons. The first-order chi connectivity index (χ1) is 9.08. The average Bonchev–Trinajstić information content (AvgIpc) is 2.97. The molecule has 0 saturated heterocycles. The molecule has 1 aliphatic heterocycles. The van der Waals surface area contributed by atoms with Gasteiger partial charge in [-0.05, 0) is 25.7 Å². The van der Waals surface area contributed by atoms with Crippen LogP contribution in [0, 0.1) is 5.92 Å². The summed E-state index contributed by atoms with van der Waals surface area (Å²) in [6, 6.07) is 0.167. The normalized spacial score (nSPS) is 21.6. The van der Waals surface area contributed by atoms with Crippen molar-refractivity contribution >= 4 is 17.7 Å². The lowest BCUT2D eigenvalue weighted by Gasteiger charge is -2.26. The molecule has 2 amide bonds. The summed E-state index contributed by atoms with van der Waals surface area (Å²) in [7, 11) is 0. The van der Waals surface area contributed by atoms with Crippen LogP contribution in [0.4, 0.5) is 4.79 Å². The highest BCUT2D eigenvalue weighted by molar-refractivity contribution is 6.05. The first-order valence-electron chi connectivity index (χ1n) is 6.93. The molecule has 2 N–H and O–H groups in total. The first-order valence-corrected chi connectivity index (χ1v) is 6.93. The second-order valence-electron chi connectivity index (χ2n) is 5.35. The summed E-state index contributed by atoms with van der Waals surface area (Å²) in [4.78, 5) is 22.3. The van der Waals surface area contributed by atoms with Gasteiger partial charge in [0.05, 0.1) is 12.5 Å². The molecule has 19 heavy (non-hydrogen) atoms. The summed E-state index contributed by atoms with van der Waals surface area (Å²) in [5.74, 6) is 0.605. The number of hydrazone groups is 1. The Morgan fingerprint density at radius 2 is 2.21 bits per heavy atom. The maximum Gasteiger partial charge on any atom is 0.404 e. The van der Waals surface area contributed by atoms with Crippen molar-refractivity contribution in [2.45, 2.75) is 51.5 Å². The van der Waals surface area contributed by atoms with Crippen LogP contribution >= 0.6 is 0 Å². The number of hydrogen-bond donors (Lipinski definition) is 2. The summed E-state index contributed by atoms with van der Waals surface area (Å²) in [6.45, 7) is 2.38. The third-order valence-corrected chi connectivity index (χ3v) is 4.02. The monoisotopic (exact) mass is 267 g/mol. The minimum absolute atomic E-state index is 0.0460. The molecule has 0 spiro atoms. The lowest BCUT2D eigenvalue weighted by Crippen LogP contribution is -2.35. The van der Waals surface area contributed by atoms with Gasteiger partial charge in [0, 0.05) is 18.7 Å². The standard InChI is InChI=1S/C13H21N3O3/c1-9(10-4-2-3-5-10)16-12(17)8-11(15-16)6-7-14-13(18)19/h9-10,14H,2-8H2,1H3,(H,18,19). The highest BCUT2D eigenvalue weighted by atomic mass is 16.4. The highest BCUT2D eigenvalue weighted by Gasteiger charge is 2.33. The second kappa shape index (κ2) is 6.04. The number of carboxylic acid groups (broad SMARTS) is 1. The summed E-state index contributed by atoms with van der Waals surface area (Å²) in [5.41, 5.74) is 0.781. The molecule has 106 valence electrons. The van der Waals surface area contributed by atoms with Gasteiger partial charge in [-0.3, -0.25) is 4.79 Å². The van der Waals surface area contributed by atoms with E-state index in [4.69, 9.17) is 5.11 Å². The van der Waals surface area contributed by atoms with Crippen LogP contribution < -0.4 is 5.32 Å². The molecule has 1 unspecified atom stereocenters. The third-order valence-electron chi connectivity index (χ3n) is 4.02. The van der Waals surface area contributed by atoms with Crippen molar-refractivity contribution in [3.8, 4) is 0 Å². The quantitative estimate of drug-likeness (QED) is 0.797. The number of nitrogens with one attached hydrogen (secondary N) is 1. The van der Waals surface area contributed by atoms with Gasteiger partial charge in [-0.25, -0.2) is 9.80 Å². The van der Waals surface area contributed by atoms with Gasteiger partial charge < -0.3 is 10.4 Å². The Kier molecular flexibility index (Phi) is 4.39. The number of rotatable bonds is 5. The van der Waals surface area contributed by atoms with Crippen LogP contribution in [-0.2, 0) is 4.79 Å². The Balaban J connectivity index is 1.88. The molecule has 6 heteroatoms. The molecule has 2 rings (SSSR count). The number of carbonyl (C=O) groups excluding carboxylic acids is 1. The van der Waals surface area contributed by atoms with Crippen molar-refractivity contribution < 1.29 is 14.7 Å². The van der Waals surface area contributed by atoms with Crippen LogP contribution in [0.2, 0.25) is 0 Å². The van der Waals surface area contributed by atoms with E-state index in [0.717, 1.165) is 5.71 Å². The average molecular weight is 267 g/mol. The lowest BCUT2D eigenvalue weighted by atomic mass is 9.99. The molecule has 1 heterocycles. The van der Waals surface area contributed by atoms with Crippen LogP contribution in [0.1, 0.15) is 45.4 Å². The Morgan fingerprint density at radius 1 is 1.53 bits per heavy atom. The molecule has 1 saturated carbocycles. The van der Waals surface area contributed by atoms with Crippen molar-refractivity contribution in [2.24, 2.45) is 11.0 Å². The zero-order valence-electron chi connectivity index (χ0n) is 11.3. The van der Waals surface area contributed by atoms with Crippen molar-refractivity contribution in [1.82, 2.24) is 10.3 Å². The third kappa shape index (κ3) is 3.45. The molecule has 0 aromatic carbocycles. The first kappa shape index (κ1) is 13.8. The van der Waals surface area contributed by atoms with E-state index >= 15 is 0 Å². The molecule has 0 bridgehead atoms. The molecule has 1 fully saturated rings. The molecule has 2 aliphatic rings. The Bertz CT molecular complexity index is 389. The van der Waals surface area contributed by atoms with E-state index in [1.807, 2.05) is 0 Å². The summed E-state index contributed by atoms with van der Waals surface area (Å²) in [5, 5.41) is 16.8. The smallest absolute Gasteiger partial charge is 0.404 e. The topological polar surface area (TPSA) is 82.0 Å². The van der Waals surface area contributed by atoms with Gasteiger partial charge in [-0.2, -0.15) is 5.10 Å². The van der Waals surface area contributed by atoms with E-state index < -0.39 is 6.09 Å². The molecule has 0 aromatic heterocycles. The lowest BCUT2D eigenvalue weighted by molar-refractivity contribution is -0.131. The van der Waals surface area contributed by atoms with Crippen LogP contribution in [0.15, 0.2) is 5.10 Å². The van der Waals surface area contributed by atoms with Gasteiger partial charge in [0.1, 0.15) is 0 Å². The fourth-order valence-electron chi connectivity index (χ4n) is 2.91. The Hall–Kier alpha value is -1.59. The van der Waals surface area contributed by atoms with Crippen molar-refractivity contribution in [1.29, 1.82) is 0 Å². The van der Waals surface area contributed by atoms with E-state index in [2.05, 4.69) is 17.3 Å². The highest BCUT2D eigenvalue weighted by Crippen LogP contribution is 2.31. The van der Waals surface area contributed by atoms with E-state index in [-0.39, 0.29) is 11.9 Å². The molecule has 1 aliphatic carbocycles. The number of carbonyl (C=O) groups is 2. The molecule has 6 nitrogen and oxygen atoms in total. The van der Waals surface area contributed by atoms with E-state index in [1.54, 1.807) is 5.01 Å². The van der Waals surface area contributed by atoms with E-state index in [9.17, 15) is 9.59 Å². The maximum atomic E-state index is 12.0. The minimum atomic E-state index is -1.04. The van der Waals surface area contributed by atoms with Gasteiger partial charge in [-0.1, -0.05) is 12.8 Å². The number of nitrogens with zero attached hydrogens (tertiary/aromatic N) is 2. The Morgan fingerprint density at radius 3 is 2.84 bits per heavy atom. The fraction of sp³-hybridized carbons (Fsp3) is 0.769. The SMILES string of the molecule is CC(C1CCCC1)N1N=C(CCNC(=O)O)CC1=O. The predicted octanol–water partition coefficient (Wildman–Crippen LogP) is 1.81. The molecule has 1 atom stereocenters. The van der Waals surface area contributed by atoms with Crippen molar-refractivity contribution in [2.75, 3.05) is 6.54 Å². The predicted molar refractivity (Wildman–Crippen MR) is 71.0 cm³/mol. The minimum Gasteiger partial charge on any atom is -0.465 e. The molecular weight excluding hydrogens is 246 g/mol. The fourth-order valence-corrected chi connectivity index (χ4v) is 2.91. The zero-order valence-corrected chi connectivity index (χ0v) is 11.3. The van der Waals surface area contributed by atoms with Gasteiger partial charge in [0.25, 0.3) is 0 Å². The van der Waals surface area contributed by atoms with Crippen LogP contribution in [0.25, 0.3) is 0 Å². The summed E-state index contributed by atoms with van der Waals surface area (Å²) >= 11 is 0. The summed E-state index contributed by atoms with van der Waals surface area (Å²) < 4.78 is 0.